The Morgan fingerprint density at radius 3 is 2.81 bits per heavy atom. The predicted molar refractivity (Wildman–Crippen MR) is 67.3 cm³/mol. The summed E-state index contributed by atoms with van der Waals surface area (Å²) >= 11 is 0. The first-order chi connectivity index (χ1) is 7.65. The van der Waals surface area contributed by atoms with E-state index in [0.717, 1.165) is 19.5 Å². The van der Waals surface area contributed by atoms with Gasteiger partial charge in [-0.2, -0.15) is 0 Å². The van der Waals surface area contributed by atoms with Gasteiger partial charge in [0.1, 0.15) is 0 Å². The molecule has 1 atom stereocenters. The van der Waals surface area contributed by atoms with Crippen LogP contribution in [0.3, 0.4) is 0 Å². The van der Waals surface area contributed by atoms with Gasteiger partial charge in [-0.3, -0.25) is 0 Å². The largest absolute Gasteiger partial charge is 0.392 e. The maximum atomic E-state index is 9.66. The van der Waals surface area contributed by atoms with E-state index in [4.69, 9.17) is 0 Å². The normalized spacial score (nSPS) is 13.3. The van der Waals surface area contributed by atoms with Gasteiger partial charge in [0.15, 0.2) is 0 Å². The van der Waals surface area contributed by atoms with Gasteiger partial charge in [-0.05, 0) is 24.5 Å². The molecule has 0 aliphatic heterocycles. The van der Waals surface area contributed by atoms with Crippen LogP contribution in [0, 0.1) is 5.92 Å². The van der Waals surface area contributed by atoms with Crippen molar-refractivity contribution in [1.82, 2.24) is 9.88 Å². The Morgan fingerprint density at radius 2 is 2.19 bits per heavy atom. The Bertz CT molecular complexity index is 294. The molecule has 1 unspecified atom stereocenters. The molecule has 0 saturated carbocycles. The third-order valence-corrected chi connectivity index (χ3v) is 2.82. The van der Waals surface area contributed by atoms with E-state index in [1.807, 2.05) is 13.8 Å². The highest BCUT2D eigenvalue weighted by Crippen LogP contribution is 2.04. The molecule has 0 spiro atoms. The van der Waals surface area contributed by atoms with Crippen molar-refractivity contribution in [3.8, 4) is 0 Å². The average molecular weight is 224 g/mol. The number of hydrogen-bond acceptors (Lipinski definition) is 2. The van der Waals surface area contributed by atoms with Gasteiger partial charge in [0.25, 0.3) is 0 Å². The van der Waals surface area contributed by atoms with Gasteiger partial charge >= 0.3 is 0 Å². The summed E-state index contributed by atoms with van der Waals surface area (Å²) in [5, 5.41) is 13.0. The lowest BCUT2D eigenvalue weighted by atomic mass is 10.1. The van der Waals surface area contributed by atoms with Crippen LogP contribution in [-0.2, 0) is 13.1 Å². The molecule has 0 radical (unpaired) electrons. The molecule has 0 aliphatic carbocycles. The van der Waals surface area contributed by atoms with Crippen molar-refractivity contribution in [3.63, 3.8) is 0 Å². The molecule has 1 aromatic heterocycles. The zero-order valence-electron chi connectivity index (χ0n) is 10.6. The summed E-state index contributed by atoms with van der Waals surface area (Å²) < 4.78 is 2.26. The van der Waals surface area contributed by atoms with Crippen molar-refractivity contribution >= 4 is 0 Å². The van der Waals surface area contributed by atoms with Gasteiger partial charge in [0, 0.05) is 31.5 Å². The number of aryl methyl sites for hydroxylation is 1. The topological polar surface area (TPSA) is 37.2 Å². The van der Waals surface area contributed by atoms with Crippen molar-refractivity contribution < 1.29 is 5.11 Å². The Kier molecular flexibility index (Phi) is 5.56. The lowest BCUT2D eigenvalue weighted by molar-refractivity contribution is 0.123. The van der Waals surface area contributed by atoms with Crippen LogP contribution in [0.25, 0.3) is 0 Å². The first kappa shape index (κ1) is 13.3. The second-order valence-corrected chi connectivity index (χ2v) is 4.64. The van der Waals surface area contributed by atoms with E-state index in [0.29, 0.717) is 12.5 Å². The highest BCUT2D eigenvalue weighted by molar-refractivity contribution is 5.06. The number of aliphatic hydroxyl groups excluding tert-OH is 1. The fourth-order valence-electron chi connectivity index (χ4n) is 1.65. The number of nitrogens with one attached hydrogen (secondary N) is 1. The molecular formula is C13H24N2O. The summed E-state index contributed by atoms with van der Waals surface area (Å²) in [5.41, 5.74) is 1.29. The Hall–Kier alpha value is -0.800. The van der Waals surface area contributed by atoms with E-state index in [9.17, 15) is 5.11 Å². The highest BCUT2D eigenvalue weighted by atomic mass is 16.3. The second kappa shape index (κ2) is 6.71. The van der Waals surface area contributed by atoms with E-state index in [1.165, 1.54) is 5.69 Å². The lowest BCUT2D eigenvalue weighted by Gasteiger charge is -2.15. The molecule has 2 N–H and O–H groups in total. The fraction of sp³-hybridized carbons (Fsp3) is 0.692. The molecule has 1 rings (SSSR count). The van der Waals surface area contributed by atoms with Gasteiger partial charge in [0.05, 0.1) is 6.10 Å². The van der Waals surface area contributed by atoms with Crippen LogP contribution >= 0.6 is 0 Å². The van der Waals surface area contributed by atoms with Gasteiger partial charge < -0.3 is 15.0 Å². The molecule has 0 aromatic carbocycles. The van der Waals surface area contributed by atoms with Crippen molar-refractivity contribution in [2.75, 3.05) is 6.54 Å². The third-order valence-electron chi connectivity index (χ3n) is 2.82. The minimum atomic E-state index is -0.255. The second-order valence-electron chi connectivity index (χ2n) is 4.64. The fourth-order valence-corrected chi connectivity index (χ4v) is 1.65. The molecular weight excluding hydrogens is 200 g/mol. The monoisotopic (exact) mass is 224 g/mol. The maximum Gasteiger partial charge on any atom is 0.0687 e. The minimum absolute atomic E-state index is 0.255. The lowest BCUT2D eigenvalue weighted by Crippen LogP contribution is -2.30. The third kappa shape index (κ3) is 3.99. The maximum absolute atomic E-state index is 9.66. The number of hydrogen-bond donors (Lipinski definition) is 2. The predicted octanol–water partition coefficient (Wildman–Crippen LogP) is 2.00. The first-order valence-corrected chi connectivity index (χ1v) is 6.18. The standard InChI is InChI=1S/C13H24N2O/c1-4-7-15-8-5-6-12(15)9-14-10-13(16)11(2)3/h5-6,8,11,13-14,16H,4,7,9-10H2,1-3H3. The van der Waals surface area contributed by atoms with Crippen LogP contribution in [0.4, 0.5) is 0 Å². The molecule has 3 heteroatoms. The van der Waals surface area contributed by atoms with Crippen LogP contribution in [0.15, 0.2) is 18.3 Å². The molecule has 0 bridgehead atoms. The number of rotatable bonds is 7. The molecule has 92 valence electrons. The van der Waals surface area contributed by atoms with E-state index in [-0.39, 0.29) is 6.10 Å². The number of aromatic nitrogens is 1. The van der Waals surface area contributed by atoms with E-state index in [2.05, 4.69) is 35.1 Å². The number of nitrogens with zero attached hydrogens (tertiary/aromatic N) is 1. The van der Waals surface area contributed by atoms with Gasteiger partial charge in [-0.25, -0.2) is 0 Å². The summed E-state index contributed by atoms with van der Waals surface area (Å²) in [7, 11) is 0. The molecule has 16 heavy (non-hydrogen) atoms. The molecule has 1 aromatic rings. The molecule has 1 heterocycles. The quantitative estimate of drug-likeness (QED) is 0.743. The van der Waals surface area contributed by atoms with Crippen LogP contribution in [0.5, 0.6) is 0 Å². The summed E-state index contributed by atoms with van der Waals surface area (Å²) in [6.45, 7) is 8.81. The minimum Gasteiger partial charge on any atom is -0.392 e. The molecule has 0 fully saturated rings. The van der Waals surface area contributed by atoms with Crippen LogP contribution in [0.2, 0.25) is 0 Å². The van der Waals surface area contributed by atoms with Gasteiger partial charge in [-0.15, -0.1) is 0 Å². The molecule has 0 saturated heterocycles. The Balaban J connectivity index is 2.34. The van der Waals surface area contributed by atoms with E-state index in [1.54, 1.807) is 0 Å². The average Bonchev–Trinajstić information content (AvgIpc) is 2.66. The smallest absolute Gasteiger partial charge is 0.0687 e. The number of aliphatic hydroxyl groups is 1. The summed E-state index contributed by atoms with van der Waals surface area (Å²) in [5.74, 6) is 0.315. The van der Waals surface area contributed by atoms with Crippen LogP contribution in [0.1, 0.15) is 32.9 Å². The van der Waals surface area contributed by atoms with Crippen molar-refractivity contribution in [1.29, 1.82) is 0 Å². The highest BCUT2D eigenvalue weighted by Gasteiger charge is 2.08. The van der Waals surface area contributed by atoms with Crippen LogP contribution < -0.4 is 5.32 Å². The van der Waals surface area contributed by atoms with Crippen molar-refractivity contribution in [2.45, 2.75) is 46.4 Å². The van der Waals surface area contributed by atoms with Crippen molar-refractivity contribution in [2.24, 2.45) is 5.92 Å². The first-order valence-electron chi connectivity index (χ1n) is 6.18. The summed E-state index contributed by atoms with van der Waals surface area (Å²) in [6, 6.07) is 4.20. The molecule has 0 aliphatic rings. The van der Waals surface area contributed by atoms with E-state index >= 15 is 0 Å². The summed E-state index contributed by atoms with van der Waals surface area (Å²) in [4.78, 5) is 0. The van der Waals surface area contributed by atoms with Gasteiger partial charge in [-0.1, -0.05) is 20.8 Å². The van der Waals surface area contributed by atoms with Crippen molar-refractivity contribution in [3.05, 3.63) is 24.0 Å². The SMILES string of the molecule is CCCn1cccc1CNCC(O)C(C)C. The summed E-state index contributed by atoms with van der Waals surface area (Å²) in [6.07, 6.45) is 3.00. The zero-order chi connectivity index (χ0) is 12.0. The molecule has 0 amide bonds. The molecule has 3 nitrogen and oxygen atoms in total. The Labute approximate surface area is 98.5 Å². The van der Waals surface area contributed by atoms with Gasteiger partial charge in [0.2, 0.25) is 0 Å². The Morgan fingerprint density at radius 1 is 1.44 bits per heavy atom. The van der Waals surface area contributed by atoms with Crippen LogP contribution in [-0.4, -0.2) is 22.3 Å². The van der Waals surface area contributed by atoms with E-state index < -0.39 is 0 Å². The zero-order valence-corrected chi connectivity index (χ0v) is 10.6.